The van der Waals surface area contributed by atoms with Crippen LogP contribution < -0.4 is 11.1 Å². The highest BCUT2D eigenvalue weighted by atomic mass is 16.2. The van der Waals surface area contributed by atoms with Gasteiger partial charge in [0.1, 0.15) is 5.69 Å². The van der Waals surface area contributed by atoms with E-state index in [-0.39, 0.29) is 23.4 Å². The van der Waals surface area contributed by atoms with Crippen molar-refractivity contribution in [2.75, 3.05) is 18.4 Å². The molecule has 0 radical (unpaired) electrons. The Morgan fingerprint density at radius 3 is 2.62 bits per heavy atom. The standard InChI is InChI=1S/C18H21N5O3/c1-11(24)12-4-6-14(7-5-12)20-18(26)23-8-2-3-13(10-23)15-9-16(17(19)25)22-21-15/h4-7,9,13H,2-3,8,10H2,1H3,(H2,19,25)(H,20,26)(H,21,22)/t13-/m0/s1. The molecule has 1 aliphatic heterocycles. The number of aromatic amines is 1. The maximum absolute atomic E-state index is 12.5. The number of carbonyl (C=O) groups excluding carboxylic acids is 3. The second kappa shape index (κ2) is 7.38. The number of hydrogen-bond acceptors (Lipinski definition) is 4. The number of rotatable bonds is 4. The molecule has 8 nitrogen and oxygen atoms in total. The quantitative estimate of drug-likeness (QED) is 0.727. The van der Waals surface area contributed by atoms with Gasteiger partial charge in [0.25, 0.3) is 5.91 Å². The molecular weight excluding hydrogens is 334 g/mol. The van der Waals surface area contributed by atoms with Gasteiger partial charge in [0, 0.05) is 36.0 Å². The minimum atomic E-state index is -0.577. The predicted octanol–water partition coefficient (Wildman–Crippen LogP) is 2.12. The van der Waals surface area contributed by atoms with Gasteiger partial charge < -0.3 is 16.0 Å². The first-order chi connectivity index (χ1) is 12.4. The number of piperidine rings is 1. The number of Topliss-reactive ketones (excluding diaryl/α,β-unsaturated/α-hetero) is 1. The van der Waals surface area contributed by atoms with E-state index < -0.39 is 5.91 Å². The first kappa shape index (κ1) is 17.7. The number of nitrogens with one attached hydrogen (secondary N) is 2. The van der Waals surface area contributed by atoms with Crippen molar-refractivity contribution >= 4 is 23.4 Å². The highest BCUT2D eigenvalue weighted by Crippen LogP contribution is 2.26. The summed E-state index contributed by atoms with van der Waals surface area (Å²) in [5, 5.41) is 9.60. The van der Waals surface area contributed by atoms with E-state index >= 15 is 0 Å². The second-order valence-electron chi connectivity index (χ2n) is 6.42. The predicted molar refractivity (Wildman–Crippen MR) is 96.1 cm³/mol. The molecule has 1 aromatic heterocycles. The number of aromatic nitrogens is 2. The number of amides is 3. The molecule has 3 rings (SSSR count). The Kier molecular flexibility index (Phi) is 5.01. The summed E-state index contributed by atoms with van der Waals surface area (Å²) in [6.45, 7) is 2.68. The number of anilines is 1. The molecule has 26 heavy (non-hydrogen) atoms. The van der Waals surface area contributed by atoms with Crippen LogP contribution in [-0.4, -0.2) is 45.9 Å². The number of ketones is 1. The van der Waals surface area contributed by atoms with Gasteiger partial charge in [-0.25, -0.2) is 4.79 Å². The molecule has 0 unspecified atom stereocenters. The van der Waals surface area contributed by atoms with Gasteiger partial charge >= 0.3 is 6.03 Å². The summed E-state index contributed by atoms with van der Waals surface area (Å²) in [7, 11) is 0. The molecule has 1 aliphatic rings. The number of nitrogens with zero attached hydrogens (tertiary/aromatic N) is 2. The van der Waals surface area contributed by atoms with E-state index in [1.54, 1.807) is 35.2 Å². The molecule has 4 N–H and O–H groups in total. The third-order valence-corrected chi connectivity index (χ3v) is 4.54. The van der Waals surface area contributed by atoms with E-state index in [1.165, 1.54) is 6.92 Å². The Labute approximate surface area is 150 Å². The first-order valence-electron chi connectivity index (χ1n) is 8.46. The maximum Gasteiger partial charge on any atom is 0.321 e. The Balaban J connectivity index is 1.63. The van der Waals surface area contributed by atoms with Crippen LogP contribution in [0.5, 0.6) is 0 Å². The van der Waals surface area contributed by atoms with Gasteiger partial charge in [0.05, 0.1) is 0 Å². The van der Waals surface area contributed by atoms with Crippen LogP contribution in [-0.2, 0) is 0 Å². The molecule has 1 atom stereocenters. The normalized spacial score (nSPS) is 17.0. The van der Waals surface area contributed by atoms with Crippen molar-refractivity contribution in [3.05, 3.63) is 47.3 Å². The van der Waals surface area contributed by atoms with E-state index in [9.17, 15) is 14.4 Å². The molecular formula is C18H21N5O3. The van der Waals surface area contributed by atoms with Crippen LogP contribution in [0.25, 0.3) is 0 Å². The number of H-pyrrole nitrogens is 1. The van der Waals surface area contributed by atoms with Crippen molar-refractivity contribution in [2.24, 2.45) is 5.73 Å². The van der Waals surface area contributed by atoms with Gasteiger partial charge in [0.15, 0.2) is 5.78 Å². The average molecular weight is 355 g/mol. The Hall–Kier alpha value is -3.16. The van der Waals surface area contributed by atoms with Crippen LogP contribution >= 0.6 is 0 Å². The summed E-state index contributed by atoms with van der Waals surface area (Å²) in [6.07, 6.45) is 1.75. The highest BCUT2D eigenvalue weighted by Gasteiger charge is 2.26. The molecule has 2 aromatic rings. The van der Waals surface area contributed by atoms with Crippen LogP contribution in [0.15, 0.2) is 30.3 Å². The number of primary amides is 1. The lowest BCUT2D eigenvalue weighted by Gasteiger charge is -2.32. The number of hydrogen-bond donors (Lipinski definition) is 3. The van der Waals surface area contributed by atoms with Crippen molar-refractivity contribution in [3.8, 4) is 0 Å². The fraction of sp³-hybridized carbons (Fsp3) is 0.333. The molecule has 0 bridgehead atoms. The van der Waals surface area contributed by atoms with E-state index in [0.29, 0.717) is 24.3 Å². The molecule has 0 spiro atoms. The lowest BCUT2D eigenvalue weighted by molar-refractivity contribution is 0.0992. The molecule has 0 aliphatic carbocycles. The summed E-state index contributed by atoms with van der Waals surface area (Å²) in [5.74, 6) is -0.515. The number of likely N-dealkylation sites (tertiary alicyclic amines) is 1. The van der Waals surface area contributed by atoms with Crippen LogP contribution in [0.2, 0.25) is 0 Å². The van der Waals surface area contributed by atoms with Gasteiger partial charge in [-0.3, -0.25) is 14.7 Å². The van der Waals surface area contributed by atoms with Gasteiger partial charge in [-0.15, -0.1) is 0 Å². The van der Waals surface area contributed by atoms with E-state index in [1.807, 2.05) is 0 Å². The van der Waals surface area contributed by atoms with Crippen molar-refractivity contribution in [2.45, 2.75) is 25.7 Å². The molecule has 1 fully saturated rings. The highest BCUT2D eigenvalue weighted by molar-refractivity contribution is 5.95. The third-order valence-electron chi connectivity index (χ3n) is 4.54. The first-order valence-corrected chi connectivity index (χ1v) is 8.46. The van der Waals surface area contributed by atoms with Crippen molar-refractivity contribution in [1.29, 1.82) is 0 Å². The summed E-state index contributed by atoms with van der Waals surface area (Å²) < 4.78 is 0. The molecule has 2 heterocycles. The maximum atomic E-state index is 12.5. The van der Waals surface area contributed by atoms with E-state index in [2.05, 4.69) is 15.5 Å². The Morgan fingerprint density at radius 2 is 2.00 bits per heavy atom. The molecule has 3 amide bonds. The number of nitrogens with two attached hydrogens (primary N) is 1. The topological polar surface area (TPSA) is 121 Å². The average Bonchev–Trinajstić information content (AvgIpc) is 3.13. The van der Waals surface area contributed by atoms with Crippen LogP contribution in [0.4, 0.5) is 10.5 Å². The molecule has 136 valence electrons. The van der Waals surface area contributed by atoms with Crippen molar-refractivity contribution in [1.82, 2.24) is 15.1 Å². The Morgan fingerprint density at radius 1 is 1.27 bits per heavy atom. The van der Waals surface area contributed by atoms with Gasteiger partial charge in [-0.2, -0.15) is 5.10 Å². The Bertz CT molecular complexity index is 828. The van der Waals surface area contributed by atoms with E-state index in [0.717, 1.165) is 18.5 Å². The van der Waals surface area contributed by atoms with Crippen LogP contribution in [0.3, 0.4) is 0 Å². The summed E-state index contributed by atoms with van der Waals surface area (Å²) in [5.41, 5.74) is 7.48. The minimum Gasteiger partial charge on any atom is -0.364 e. The largest absolute Gasteiger partial charge is 0.364 e. The fourth-order valence-electron chi connectivity index (χ4n) is 3.08. The molecule has 0 saturated carbocycles. The van der Waals surface area contributed by atoms with Crippen molar-refractivity contribution in [3.63, 3.8) is 0 Å². The van der Waals surface area contributed by atoms with Crippen LogP contribution in [0.1, 0.15) is 52.2 Å². The zero-order valence-electron chi connectivity index (χ0n) is 14.5. The smallest absolute Gasteiger partial charge is 0.321 e. The third kappa shape index (κ3) is 3.90. The zero-order chi connectivity index (χ0) is 18.7. The molecule has 1 saturated heterocycles. The lowest BCUT2D eigenvalue weighted by atomic mass is 9.95. The summed E-state index contributed by atoms with van der Waals surface area (Å²) in [6, 6.07) is 8.25. The molecule has 8 heteroatoms. The number of carbonyl (C=O) groups is 3. The summed E-state index contributed by atoms with van der Waals surface area (Å²) >= 11 is 0. The SMILES string of the molecule is CC(=O)c1ccc(NC(=O)N2CCC[C@H](c3cc(C(N)=O)n[nH]3)C2)cc1. The number of benzene rings is 1. The van der Waals surface area contributed by atoms with Crippen LogP contribution in [0, 0.1) is 0 Å². The van der Waals surface area contributed by atoms with Gasteiger partial charge in [-0.05, 0) is 50.1 Å². The second-order valence-corrected chi connectivity index (χ2v) is 6.42. The van der Waals surface area contributed by atoms with Gasteiger partial charge in [-0.1, -0.05) is 0 Å². The number of urea groups is 1. The van der Waals surface area contributed by atoms with E-state index in [4.69, 9.17) is 5.73 Å². The monoisotopic (exact) mass is 355 g/mol. The molecule has 1 aromatic carbocycles. The lowest BCUT2D eigenvalue weighted by Crippen LogP contribution is -2.41. The van der Waals surface area contributed by atoms with Gasteiger partial charge in [0.2, 0.25) is 0 Å². The summed E-state index contributed by atoms with van der Waals surface area (Å²) in [4.78, 5) is 36.7. The van der Waals surface area contributed by atoms with Crippen molar-refractivity contribution < 1.29 is 14.4 Å². The fourth-order valence-corrected chi connectivity index (χ4v) is 3.08. The minimum absolute atomic E-state index is 0.0170. The zero-order valence-corrected chi connectivity index (χ0v) is 14.5.